The van der Waals surface area contributed by atoms with Crippen LogP contribution in [0.4, 0.5) is 0 Å². The molecular weight excluding hydrogens is 238 g/mol. The summed E-state index contributed by atoms with van der Waals surface area (Å²) in [5.74, 6) is 0.143. The maximum atomic E-state index is 12.0. The fourth-order valence-electron chi connectivity index (χ4n) is 1.94. The number of nitrogens with two attached hydrogens (primary N) is 1. The van der Waals surface area contributed by atoms with Crippen LogP contribution < -0.4 is 5.73 Å². The summed E-state index contributed by atoms with van der Waals surface area (Å²) in [4.78, 5) is 15.8. The third-order valence-corrected chi connectivity index (χ3v) is 3.23. The molecule has 1 rings (SSSR count). The number of carbonyl (C=O) groups is 1. The Morgan fingerprint density at radius 3 is 2.58 bits per heavy atom. The molecule has 0 fully saturated rings. The number of nitrogens with zero attached hydrogens (tertiary/aromatic N) is 2. The Bertz CT molecular complexity index is 406. The van der Waals surface area contributed by atoms with E-state index in [4.69, 9.17) is 5.73 Å². The monoisotopic (exact) mass is 263 g/mol. The molecule has 0 atom stereocenters. The van der Waals surface area contributed by atoms with E-state index in [9.17, 15) is 4.79 Å². The molecule has 4 nitrogen and oxygen atoms in total. The van der Waals surface area contributed by atoms with Crippen LogP contribution in [0.2, 0.25) is 0 Å². The van der Waals surface area contributed by atoms with Crippen LogP contribution in [0.5, 0.6) is 0 Å². The van der Waals surface area contributed by atoms with Gasteiger partial charge in [0.15, 0.2) is 0 Å². The zero-order valence-corrected chi connectivity index (χ0v) is 12.2. The van der Waals surface area contributed by atoms with Gasteiger partial charge < -0.3 is 10.6 Å². The van der Waals surface area contributed by atoms with Crippen LogP contribution in [0.1, 0.15) is 17.5 Å². The summed E-state index contributed by atoms with van der Waals surface area (Å²) < 4.78 is 0. The minimum Gasteiger partial charge on any atom is -0.345 e. The summed E-state index contributed by atoms with van der Waals surface area (Å²) in [6.07, 6.45) is 0.851. The number of carbonyl (C=O) groups excluding carboxylic acids is 1. The number of aryl methyl sites for hydroxylation is 1. The van der Waals surface area contributed by atoms with Gasteiger partial charge in [0.1, 0.15) is 0 Å². The molecule has 0 saturated carbocycles. The average Bonchev–Trinajstić information content (AvgIpc) is 2.38. The second-order valence-electron chi connectivity index (χ2n) is 5.06. The van der Waals surface area contributed by atoms with Crippen molar-refractivity contribution in [3.05, 3.63) is 35.4 Å². The van der Waals surface area contributed by atoms with Gasteiger partial charge in [-0.25, -0.2) is 0 Å². The zero-order chi connectivity index (χ0) is 14.3. The zero-order valence-electron chi connectivity index (χ0n) is 12.2. The number of rotatable bonds is 7. The van der Waals surface area contributed by atoms with Gasteiger partial charge >= 0.3 is 0 Å². The van der Waals surface area contributed by atoms with Crippen LogP contribution in [0.25, 0.3) is 0 Å². The van der Waals surface area contributed by atoms with Crippen LogP contribution in [0.3, 0.4) is 0 Å². The summed E-state index contributed by atoms with van der Waals surface area (Å²) in [5, 5.41) is 0. The number of benzene rings is 1. The van der Waals surface area contributed by atoms with Crippen LogP contribution in [-0.2, 0) is 11.3 Å². The molecule has 19 heavy (non-hydrogen) atoms. The first kappa shape index (κ1) is 15.7. The summed E-state index contributed by atoms with van der Waals surface area (Å²) in [5.41, 5.74) is 7.98. The number of hydrogen-bond acceptors (Lipinski definition) is 3. The van der Waals surface area contributed by atoms with Crippen molar-refractivity contribution in [2.45, 2.75) is 19.9 Å². The summed E-state index contributed by atoms with van der Waals surface area (Å²) in [7, 11) is 3.81. The Kier molecular flexibility index (Phi) is 6.53. The molecule has 0 aromatic heterocycles. The molecule has 0 radical (unpaired) electrons. The van der Waals surface area contributed by atoms with Crippen LogP contribution in [-0.4, -0.2) is 49.4 Å². The highest BCUT2D eigenvalue weighted by Crippen LogP contribution is 2.09. The van der Waals surface area contributed by atoms with E-state index < -0.39 is 0 Å². The molecule has 106 valence electrons. The Labute approximate surface area is 116 Å². The summed E-state index contributed by atoms with van der Waals surface area (Å²) in [6, 6.07) is 8.27. The van der Waals surface area contributed by atoms with E-state index in [1.54, 1.807) is 4.90 Å². The normalized spacial score (nSPS) is 10.8. The fraction of sp³-hybridized carbons (Fsp3) is 0.533. The highest BCUT2D eigenvalue weighted by molar-refractivity contribution is 5.77. The molecule has 0 unspecified atom stereocenters. The molecule has 0 aliphatic heterocycles. The first-order valence-electron chi connectivity index (χ1n) is 6.71. The first-order valence-corrected chi connectivity index (χ1v) is 6.71. The lowest BCUT2D eigenvalue weighted by Gasteiger charge is -2.22. The highest BCUT2D eigenvalue weighted by Gasteiger charge is 2.11. The van der Waals surface area contributed by atoms with Gasteiger partial charge in [-0.05, 0) is 38.1 Å². The van der Waals surface area contributed by atoms with Gasteiger partial charge in [-0.15, -0.1) is 0 Å². The standard InChI is InChI=1S/C15H25N3O/c1-13-7-4-5-8-14(13)11-17(2)12-15(19)18(3)10-6-9-16/h4-5,7-8H,6,9-12,16H2,1-3H3. The van der Waals surface area contributed by atoms with Gasteiger partial charge in [-0.1, -0.05) is 24.3 Å². The third kappa shape index (κ3) is 5.41. The predicted octanol–water partition coefficient (Wildman–Crippen LogP) is 1.23. The van der Waals surface area contributed by atoms with Crippen LogP contribution in [0.15, 0.2) is 24.3 Å². The Morgan fingerprint density at radius 2 is 1.95 bits per heavy atom. The molecule has 1 aromatic carbocycles. The largest absolute Gasteiger partial charge is 0.345 e. The van der Waals surface area contributed by atoms with Crippen molar-refractivity contribution in [2.75, 3.05) is 33.7 Å². The van der Waals surface area contributed by atoms with E-state index in [0.29, 0.717) is 13.1 Å². The van der Waals surface area contributed by atoms with Crippen molar-refractivity contribution in [1.82, 2.24) is 9.80 Å². The second kappa shape index (κ2) is 7.92. The molecule has 1 aromatic rings. The van der Waals surface area contributed by atoms with E-state index in [-0.39, 0.29) is 5.91 Å². The summed E-state index contributed by atoms with van der Waals surface area (Å²) >= 11 is 0. The quantitative estimate of drug-likeness (QED) is 0.805. The van der Waals surface area contributed by atoms with Gasteiger partial charge in [-0.3, -0.25) is 9.69 Å². The Morgan fingerprint density at radius 1 is 1.26 bits per heavy atom. The molecule has 4 heteroatoms. The predicted molar refractivity (Wildman–Crippen MR) is 78.8 cm³/mol. The molecule has 0 saturated heterocycles. The van der Waals surface area contributed by atoms with Gasteiger partial charge in [0.05, 0.1) is 6.54 Å². The smallest absolute Gasteiger partial charge is 0.236 e. The number of amides is 1. The highest BCUT2D eigenvalue weighted by atomic mass is 16.2. The topological polar surface area (TPSA) is 49.6 Å². The van der Waals surface area contributed by atoms with Gasteiger partial charge in [0, 0.05) is 20.1 Å². The van der Waals surface area contributed by atoms with Gasteiger partial charge in [0.25, 0.3) is 0 Å². The van der Waals surface area contributed by atoms with Crippen LogP contribution in [0, 0.1) is 6.92 Å². The number of likely N-dealkylation sites (N-methyl/N-ethyl adjacent to an activating group) is 2. The molecule has 0 aliphatic carbocycles. The van der Waals surface area contributed by atoms with Crippen molar-refractivity contribution in [3.8, 4) is 0 Å². The molecular formula is C15H25N3O. The van der Waals surface area contributed by atoms with Crippen molar-refractivity contribution in [3.63, 3.8) is 0 Å². The van der Waals surface area contributed by atoms with E-state index in [0.717, 1.165) is 19.5 Å². The van der Waals surface area contributed by atoms with Crippen molar-refractivity contribution in [1.29, 1.82) is 0 Å². The third-order valence-electron chi connectivity index (χ3n) is 3.23. The van der Waals surface area contributed by atoms with E-state index in [2.05, 4.69) is 19.1 Å². The molecule has 0 bridgehead atoms. The van der Waals surface area contributed by atoms with E-state index in [1.807, 2.05) is 31.1 Å². The molecule has 0 aliphatic rings. The van der Waals surface area contributed by atoms with Crippen molar-refractivity contribution in [2.24, 2.45) is 5.73 Å². The molecule has 0 spiro atoms. The maximum absolute atomic E-state index is 12.0. The van der Waals surface area contributed by atoms with Gasteiger partial charge in [-0.2, -0.15) is 0 Å². The minimum atomic E-state index is 0.143. The van der Waals surface area contributed by atoms with Gasteiger partial charge in [0.2, 0.25) is 5.91 Å². The lowest BCUT2D eigenvalue weighted by Crippen LogP contribution is -2.37. The lowest BCUT2D eigenvalue weighted by atomic mass is 10.1. The van der Waals surface area contributed by atoms with E-state index in [1.165, 1.54) is 11.1 Å². The first-order chi connectivity index (χ1) is 9.04. The maximum Gasteiger partial charge on any atom is 0.236 e. The number of hydrogen-bond donors (Lipinski definition) is 1. The fourth-order valence-corrected chi connectivity index (χ4v) is 1.94. The molecule has 1 amide bonds. The molecule has 2 N–H and O–H groups in total. The lowest BCUT2D eigenvalue weighted by molar-refractivity contribution is -0.130. The average molecular weight is 263 g/mol. The summed E-state index contributed by atoms with van der Waals surface area (Å²) in [6.45, 7) is 4.68. The van der Waals surface area contributed by atoms with Crippen LogP contribution >= 0.6 is 0 Å². The Balaban J connectivity index is 2.45. The second-order valence-corrected chi connectivity index (χ2v) is 5.06. The van der Waals surface area contributed by atoms with Crippen molar-refractivity contribution >= 4 is 5.91 Å². The molecule has 0 heterocycles. The Hall–Kier alpha value is -1.39. The van der Waals surface area contributed by atoms with Crippen molar-refractivity contribution < 1.29 is 4.79 Å². The SMILES string of the molecule is Cc1ccccc1CN(C)CC(=O)N(C)CCCN. The minimum absolute atomic E-state index is 0.143. The van der Waals surface area contributed by atoms with E-state index >= 15 is 0 Å².